The van der Waals surface area contributed by atoms with Gasteiger partial charge in [-0.1, -0.05) is 30.8 Å². The summed E-state index contributed by atoms with van der Waals surface area (Å²) in [4.78, 5) is 16.3. The number of aromatic nitrogens is 2. The topological polar surface area (TPSA) is 67.2 Å². The Morgan fingerprint density at radius 3 is 2.61 bits per heavy atom. The van der Waals surface area contributed by atoms with Crippen LogP contribution in [0.4, 0.5) is 4.39 Å². The predicted molar refractivity (Wildman–Crippen MR) is 140 cm³/mol. The van der Waals surface area contributed by atoms with Crippen molar-refractivity contribution in [3.05, 3.63) is 83.9 Å². The fourth-order valence-electron chi connectivity index (χ4n) is 6.86. The summed E-state index contributed by atoms with van der Waals surface area (Å²) >= 11 is 0. The molecule has 184 valence electrons. The molecule has 5 nitrogen and oxygen atoms in total. The molecule has 2 atom stereocenters. The Balaban J connectivity index is 1.18. The van der Waals surface area contributed by atoms with Crippen LogP contribution in [0.15, 0.2) is 61.2 Å². The lowest BCUT2D eigenvalue weighted by Gasteiger charge is -2.19. The second kappa shape index (κ2) is 8.77. The molecule has 0 radical (unpaired) electrons. The Bertz CT molecular complexity index is 1490. The minimum absolute atomic E-state index is 0.107. The standard InChI is InChI=1S/C30H30FN3O2/c1-17(26-9-7-19-5-3-4-6-27(19)33-26)32-24-13-20-11-22(12-21(20)14-24)30-18(2)34(16-29(35)36)28-10-8-23(31)15-25(28)30/h3-10,15,20-22,24,32H,1,11-14,16H2,2H3,(H,35,36). The normalized spacial score (nSPS) is 23.3. The number of hydrogen-bond acceptors (Lipinski definition) is 3. The van der Waals surface area contributed by atoms with E-state index in [1.54, 1.807) is 12.1 Å². The van der Waals surface area contributed by atoms with E-state index in [9.17, 15) is 14.3 Å². The number of nitrogens with zero attached hydrogens (tertiary/aromatic N) is 2. The molecule has 2 heterocycles. The Hall–Kier alpha value is -3.67. The van der Waals surface area contributed by atoms with Crippen LogP contribution in [-0.4, -0.2) is 26.7 Å². The predicted octanol–water partition coefficient (Wildman–Crippen LogP) is 6.25. The lowest BCUT2D eigenvalue weighted by atomic mass is 9.91. The second-order valence-electron chi connectivity index (χ2n) is 10.5. The van der Waals surface area contributed by atoms with Gasteiger partial charge < -0.3 is 15.0 Å². The van der Waals surface area contributed by atoms with Crippen molar-refractivity contribution < 1.29 is 14.3 Å². The zero-order valence-corrected chi connectivity index (χ0v) is 20.4. The van der Waals surface area contributed by atoms with Crippen LogP contribution in [0.5, 0.6) is 0 Å². The van der Waals surface area contributed by atoms with Crippen molar-refractivity contribution in [3.63, 3.8) is 0 Å². The summed E-state index contributed by atoms with van der Waals surface area (Å²) < 4.78 is 16.0. The fourth-order valence-corrected chi connectivity index (χ4v) is 6.86. The van der Waals surface area contributed by atoms with Gasteiger partial charge in [0.1, 0.15) is 12.4 Å². The summed E-state index contributed by atoms with van der Waals surface area (Å²) in [5.74, 6) is 0.348. The molecule has 0 amide bonds. The van der Waals surface area contributed by atoms with E-state index in [4.69, 9.17) is 4.98 Å². The van der Waals surface area contributed by atoms with Crippen molar-refractivity contribution in [3.8, 4) is 0 Å². The van der Waals surface area contributed by atoms with Gasteiger partial charge in [0.15, 0.2) is 0 Å². The minimum atomic E-state index is -0.885. The summed E-state index contributed by atoms with van der Waals surface area (Å²) in [6.07, 6.45) is 4.25. The van der Waals surface area contributed by atoms with Gasteiger partial charge in [0, 0.05) is 28.0 Å². The SMILES string of the molecule is C=C(NC1CC2CC(c3c(C)n(CC(=O)O)c4ccc(F)cc34)CC2C1)c1ccc2ccccc2n1. The van der Waals surface area contributed by atoms with Crippen LogP contribution in [0.3, 0.4) is 0 Å². The van der Waals surface area contributed by atoms with Gasteiger partial charge in [0.25, 0.3) is 0 Å². The molecular formula is C30H30FN3O2. The quantitative estimate of drug-likeness (QED) is 0.340. The van der Waals surface area contributed by atoms with Crippen LogP contribution in [0.1, 0.15) is 48.6 Å². The van der Waals surface area contributed by atoms with Crippen molar-refractivity contribution in [2.75, 3.05) is 0 Å². The number of para-hydroxylation sites is 1. The van der Waals surface area contributed by atoms with E-state index < -0.39 is 5.97 Å². The monoisotopic (exact) mass is 483 g/mol. The summed E-state index contributed by atoms with van der Waals surface area (Å²) in [5.41, 5.74) is 5.61. The van der Waals surface area contributed by atoms with E-state index in [0.29, 0.717) is 23.8 Å². The highest BCUT2D eigenvalue weighted by atomic mass is 19.1. The number of benzene rings is 2. The van der Waals surface area contributed by atoms with Gasteiger partial charge in [-0.05, 0) is 86.3 Å². The van der Waals surface area contributed by atoms with Gasteiger partial charge in [-0.3, -0.25) is 4.79 Å². The van der Waals surface area contributed by atoms with Gasteiger partial charge in [0.2, 0.25) is 0 Å². The van der Waals surface area contributed by atoms with E-state index in [-0.39, 0.29) is 12.4 Å². The van der Waals surface area contributed by atoms with Crippen molar-refractivity contribution in [1.82, 2.24) is 14.9 Å². The number of halogens is 1. The van der Waals surface area contributed by atoms with E-state index >= 15 is 0 Å². The van der Waals surface area contributed by atoms with Gasteiger partial charge in [-0.25, -0.2) is 9.37 Å². The van der Waals surface area contributed by atoms with Gasteiger partial charge in [-0.2, -0.15) is 0 Å². The zero-order valence-electron chi connectivity index (χ0n) is 20.4. The van der Waals surface area contributed by atoms with Crippen LogP contribution in [0, 0.1) is 24.6 Å². The van der Waals surface area contributed by atoms with Gasteiger partial charge >= 0.3 is 5.97 Å². The van der Waals surface area contributed by atoms with Crippen LogP contribution in [0.25, 0.3) is 27.5 Å². The molecule has 2 aromatic carbocycles. The molecule has 4 aromatic rings. The fraction of sp³-hybridized carbons (Fsp3) is 0.333. The minimum Gasteiger partial charge on any atom is -0.480 e. The largest absolute Gasteiger partial charge is 0.480 e. The number of carboxylic acid groups (broad SMARTS) is 1. The molecule has 6 heteroatoms. The smallest absolute Gasteiger partial charge is 0.323 e. The molecule has 2 aliphatic rings. The number of hydrogen-bond donors (Lipinski definition) is 2. The molecule has 0 aliphatic heterocycles. The number of rotatable bonds is 6. The molecule has 36 heavy (non-hydrogen) atoms. The van der Waals surface area contributed by atoms with Crippen LogP contribution in [-0.2, 0) is 11.3 Å². The Kier molecular flexibility index (Phi) is 5.55. The first kappa shape index (κ1) is 22.8. The molecule has 0 bridgehead atoms. The third-order valence-electron chi connectivity index (χ3n) is 8.34. The average molecular weight is 484 g/mol. The third kappa shape index (κ3) is 3.94. The summed E-state index contributed by atoms with van der Waals surface area (Å²) in [6.45, 7) is 6.15. The van der Waals surface area contributed by atoms with Crippen molar-refractivity contribution in [1.29, 1.82) is 0 Å². The Morgan fingerprint density at radius 1 is 1.11 bits per heavy atom. The summed E-state index contributed by atoms with van der Waals surface area (Å²) in [7, 11) is 0. The highest BCUT2D eigenvalue weighted by Crippen LogP contribution is 2.52. The molecular weight excluding hydrogens is 453 g/mol. The Morgan fingerprint density at radius 2 is 1.86 bits per heavy atom. The lowest BCUT2D eigenvalue weighted by Crippen LogP contribution is -2.25. The number of carbonyl (C=O) groups is 1. The van der Waals surface area contributed by atoms with Crippen LogP contribution < -0.4 is 5.32 Å². The molecule has 2 unspecified atom stereocenters. The summed E-state index contributed by atoms with van der Waals surface area (Å²) in [6, 6.07) is 17.3. The molecule has 6 rings (SSSR count). The van der Waals surface area contributed by atoms with Gasteiger partial charge in [0.05, 0.1) is 16.9 Å². The maximum atomic E-state index is 14.2. The maximum Gasteiger partial charge on any atom is 0.323 e. The number of fused-ring (bicyclic) bond motifs is 3. The zero-order chi connectivity index (χ0) is 25.0. The summed E-state index contributed by atoms with van der Waals surface area (Å²) in [5, 5.41) is 15.1. The molecule has 2 saturated carbocycles. The van der Waals surface area contributed by atoms with Crippen molar-refractivity contribution in [2.24, 2.45) is 11.8 Å². The van der Waals surface area contributed by atoms with E-state index in [2.05, 4.69) is 24.0 Å². The molecule has 0 spiro atoms. The first-order valence-corrected chi connectivity index (χ1v) is 12.7. The molecule has 2 fully saturated rings. The highest BCUT2D eigenvalue weighted by molar-refractivity contribution is 5.87. The second-order valence-corrected chi connectivity index (χ2v) is 10.5. The first-order chi connectivity index (χ1) is 17.4. The van der Waals surface area contributed by atoms with E-state index in [0.717, 1.165) is 70.1 Å². The van der Waals surface area contributed by atoms with Crippen LogP contribution >= 0.6 is 0 Å². The first-order valence-electron chi connectivity index (χ1n) is 12.7. The highest BCUT2D eigenvalue weighted by Gasteiger charge is 2.43. The number of aliphatic carboxylic acids is 1. The number of nitrogens with one attached hydrogen (secondary N) is 1. The third-order valence-corrected chi connectivity index (χ3v) is 8.34. The van der Waals surface area contributed by atoms with Crippen molar-refractivity contribution >= 4 is 33.5 Å². The molecule has 2 aliphatic carbocycles. The number of carboxylic acids is 1. The molecule has 0 saturated heterocycles. The van der Waals surface area contributed by atoms with E-state index in [1.807, 2.05) is 35.8 Å². The van der Waals surface area contributed by atoms with Crippen LogP contribution in [0.2, 0.25) is 0 Å². The van der Waals surface area contributed by atoms with Crippen molar-refractivity contribution in [2.45, 2.75) is 51.1 Å². The van der Waals surface area contributed by atoms with E-state index in [1.165, 1.54) is 6.07 Å². The Labute approximate surface area is 209 Å². The molecule has 2 aromatic heterocycles. The lowest BCUT2D eigenvalue weighted by molar-refractivity contribution is -0.137. The maximum absolute atomic E-state index is 14.2. The molecule has 2 N–H and O–H groups in total. The van der Waals surface area contributed by atoms with Gasteiger partial charge in [-0.15, -0.1) is 0 Å². The average Bonchev–Trinajstić information content (AvgIpc) is 3.48. The number of pyridine rings is 1.